The van der Waals surface area contributed by atoms with Crippen LogP contribution in [-0.2, 0) is 5.41 Å². The van der Waals surface area contributed by atoms with E-state index in [9.17, 15) is 0 Å². The molecule has 0 spiro atoms. The summed E-state index contributed by atoms with van der Waals surface area (Å²) in [6, 6.07) is 59.0. The van der Waals surface area contributed by atoms with E-state index >= 15 is 0 Å². The van der Waals surface area contributed by atoms with Gasteiger partial charge in [-0.2, -0.15) is 0 Å². The fraction of sp³-hybridized carbons (Fsp3) is 0.0638. The van der Waals surface area contributed by atoms with Gasteiger partial charge in [-0.15, -0.1) is 0 Å². The van der Waals surface area contributed by atoms with Crippen LogP contribution in [0.15, 0.2) is 158 Å². The minimum atomic E-state index is -0.105. The Hall–Kier alpha value is -5.72. The molecule has 1 aliphatic carbocycles. The van der Waals surface area contributed by atoms with Crippen LogP contribution < -0.4 is 0 Å². The third-order valence-corrected chi connectivity index (χ3v) is 10.8. The zero-order valence-corrected chi connectivity index (χ0v) is 26.5. The molecule has 0 bridgehead atoms. The summed E-state index contributed by atoms with van der Waals surface area (Å²) in [4.78, 5) is 0. The average Bonchev–Trinajstić information content (AvgIpc) is 3.34. The number of hydrogen-bond donors (Lipinski definition) is 0. The number of rotatable bonds is 2. The quantitative estimate of drug-likeness (QED) is 0.138. The minimum absolute atomic E-state index is 0.105. The van der Waals surface area contributed by atoms with Gasteiger partial charge in [-0.3, -0.25) is 0 Å². The maximum Gasteiger partial charge on any atom is 0.0159 e. The Morgan fingerprint density at radius 2 is 0.915 bits per heavy atom. The highest BCUT2D eigenvalue weighted by molar-refractivity contribution is 6.29. The molecule has 0 heteroatoms. The van der Waals surface area contributed by atoms with E-state index in [1.807, 2.05) is 0 Å². The molecule has 0 aliphatic heterocycles. The Labute approximate surface area is 274 Å². The van der Waals surface area contributed by atoms with E-state index < -0.39 is 0 Å². The van der Waals surface area contributed by atoms with Crippen LogP contribution >= 0.6 is 0 Å². The number of hydrogen-bond acceptors (Lipinski definition) is 0. The van der Waals surface area contributed by atoms with E-state index in [1.165, 1.54) is 98.4 Å². The second kappa shape index (κ2) is 9.64. The summed E-state index contributed by atoms with van der Waals surface area (Å²) in [5.74, 6) is 0. The highest BCUT2D eigenvalue weighted by atomic mass is 14.4. The lowest BCUT2D eigenvalue weighted by molar-refractivity contribution is 0.661. The van der Waals surface area contributed by atoms with Gasteiger partial charge in [0, 0.05) is 5.41 Å². The van der Waals surface area contributed by atoms with Gasteiger partial charge in [0.2, 0.25) is 0 Å². The van der Waals surface area contributed by atoms with Crippen LogP contribution in [0.2, 0.25) is 0 Å². The first-order chi connectivity index (χ1) is 23.1. The zero-order valence-electron chi connectivity index (χ0n) is 26.5. The van der Waals surface area contributed by atoms with Gasteiger partial charge in [0.05, 0.1) is 0 Å². The summed E-state index contributed by atoms with van der Waals surface area (Å²) in [6.07, 6.45) is 0. The monoisotopic (exact) mass is 596 g/mol. The molecule has 0 saturated carbocycles. The van der Waals surface area contributed by atoms with E-state index in [-0.39, 0.29) is 5.41 Å². The van der Waals surface area contributed by atoms with Gasteiger partial charge in [0.15, 0.2) is 0 Å². The average molecular weight is 597 g/mol. The molecule has 10 rings (SSSR count). The fourth-order valence-electron chi connectivity index (χ4n) is 8.56. The maximum absolute atomic E-state index is 2.49. The molecule has 0 atom stereocenters. The molecule has 0 nitrogen and oxygen atoms in total. The number of benzene rings is 9. The standard InChI is InChI=1S/C47H32/c1-47(2)42-28-33(23-24-36(42)41-26-31-14-3-4-15-32(31)27-43(41)47)44-38-19-9-10-20-39(38)46(37-21-11-16-29-12-5-7-17-34(29)37)45-35-18-8-6-13-30(35)22-25-40(44)45/h3-28H,1-2H3. The molecule has 0 fully saturated rings. The molecule has 0 aromatic heterocycles. The van der Waals surface area contributed by atoms with E-state index in [2.05, 4.69) is 172 Å². The summed E-state index contributed by atoms with van der Waals surface area (Å²) in [5, 5.41) is 12.9. The lowest BCUT2D eigenvalue weighted by Gasteiger charge is -2.24. The van der Waals surface area contributed by atoms with Gasteiger partial charge in [-0.05, 0) is 117 Å². The summed E-state index contributed by atoms with van der Waals surface area (Å²) in [7, 11) is 0. The van der Waals surface area contributed by atoms with Crippen LogP contribution in [0.3, 0.4) is 0 Å². The Morgan fingerprint density at radius 1 is 0.340 bits per heavy atom. The molecular weight excluding hydrogens is 565 g/mol. The van der Waals surface area contributed by atoms with Crippen LogP contribution in [-0.4, -0.2) is 0 Å². The smallest absolute Gasteiger partial charge is 0.0159 e. The Morgan fingerprint density at radius 3 is 1.68 bits per heavy atom. The van der Waals surface area contributed by atoms with Crippen molar-refractivity contribution in [2.24, 2.45) is 0 Å². The predicted octanol–water partition coefficient (Wildman–Crippen LogP) is 13.1. The van der Waals surface area contributed by atoms with Crippen LogP contribution in [0.1, 0.15) is 25.0 Å². The number of fused-ring (bicyclic) bond motifs is 9. The van der Waals surface area contributed by atoms with Crippen molar-refractivity contribution in [2.75, 3.05) is 0 Å². The largest absolute Gasteiger partial charge is 0.0616 e. The fourth-order valence-corrected chi connectivity index (χ4v) is 8.56. The van der Waals surface area contributed by atoms with Crippen molar-refractivity contribution in [3.05, 3.63) is 169 Å². The Kier molecular flexibility index (Phi) is 5.44. The molecule has 0 unspecified atom stereocenters. The summed E-state index contributed by atoms with van der Waals surface area (Å²) in [6.45, 7) is 4.78. The SMILES string of the molecule is CC1(C)c2cc(-c3c4ccccc4c(-c4cccc5ccccc45)c4c3ccc3ccccc34)ccc2-c2cc3ccccc3cc21. The minimum Gasteiger partial charge on any atom is -0.0616 e. The van der Waals surface area contributed by atoms with Crippen molar-refractivity contribution >= 4 is 53.9 Å². The topological polar surface area (TPSA) is 0 Å². The van der Waals surface area contributed by atoms with Crippen molar-refractivity contribution in [3.8, 4) is 33.4 Å². The molecule has 47 heavy (non-hydrogen) atoms. The van der Waals surface area contributed by atoms with Gasteiger partial charge in [0.1, 0.15) is 0 Å². The van der Waals surface area contributed by atoms with Crippen LogP contribution in [0, 0.1) is 0 Å². The van der Waals surface area contributed by atoms with Crippen molar-refractivity contribution in [1.82, 2.24) is 0 Å². The van der Waals surface area contributed by atoms with E-state index in [1.54, 1.807) is 0 Å². The first kappa shape index (κ1) is 26.5. The lowest BCUT2D eigenvalue weighted by Crippen LogP contribution is -2.15. The molecule has 0 N–H and O–H groups in total. The van der Waals surface area contributed by atoms with Crippen molar-refractivity contribution < 1.29 is 0 Å². The van der Waals surface area contributed by atoms with Gasteiger partial charge < -0.3 is 0 Å². The van der Waals surface area contributed by atoms with E-state index in [0.717, 1.165) is 0 Å². The summed E-state index contributed by atoms with van der Waals surface area (Å²) >= 11 is 0. The third kappa shape index (κ3) is 3.70. The Bertz CT molecular complexity index is 2750. The second-order valence-electron chi connectivity index (χ2n) is 13.7. The summed E-state index contributed by atoms with van der Waals surface area (Å²) in [5.41, 5.74) is 10.6. The van der Waals surface area contributed by atoms with Gasteiger partial charge in [-0.1, -0.05) is 153 Å². The molecule has 0 saturated heterocycles. The van der Waals surface area contributed by atoms with Gasteiger partial charge in [0.25, 0.3) is 0 Å². The molecule has 9 aromatic carbocycles. The van der Waals surface area contributed by atoms with Gasteiger partial charge >= 0.3 is 0 Å². The molecule has 9 aromatic rings. The van der Waals surface area contributed by atoms with E-state index in [0.29, 0.717) is 0 Å². The normalized spacial score (nSPS) is 13.5. The van der Waals surface area contributed by atoms with Gasteiger partial charge in [-0.25, -0.2) is 0 Å². The molecule has 1 aliphatic rings. The van der Waals surface area contributed by atoms with E-state index in [4.69, 9.17) is 0 Å². The van der Waals surface area contributed by atoms with Crippen LogP contribution in [0.4, 0.5) is 0 Å². The lowest BCUT2D eigenvalue weighted by atomic mass is 9.79. The first-order valence-corrected chi connectivity index (χ1v) is 16.6. The second-order valence-corrected chi connectivity index (χ2v) is 13.7. The highest BCUT2D eigenvalue weighted by Gasteiger charge is 2.36. The molecule has 0 amide bonds. The molecule has 0 radical (unpaired) electrons. The third-order valence-electron chi connectivity index (χ3n) is 10.8. The van der Waals surface area contributed by atoms with Crippen molar-refractivity contribution in [3.63, 3.8) is 0 Å². The zero-order chi connectivity index (χ0) is 31.3. The van der Waals surface area contributed by atoms with Crippen LogP contribution in [0.5, 0.6) is 0 Å². The molecule has 220 valence electrons. The molecular formula is C47H32. The first-order valence-electron chi connectivity index (χ1n) is 16.6. The maximum atomic E-state index is 2.49. The van der Waals surface area contributed by atoms with Crippen molar-refractivity contribution in [1.29, 1.82) is 0 Å². The van der Waals surface area contributed by atoms with Crippen molar-refractivity contribution in [2.45, 2.75) is 19.3 Å². The highest BCUT2D eigenvalue weighted by Crippen LogP contribution is 2.53. The Balaban J connectivity index is 1.32. The predicted molar refractivity (Wildman–Crippen MR) is 202 cm³/mol. The summed E-state index contributed by atoms with van der Waals surface area (Å²) < 4.78 is 0. The molecule has 0 heterocycles. The van der Waals surface area contributed by atoms with Crippen LogP contribution in [0.25, 0.3) is 87.2 Å².